The average Bonchev–Trinajstić information content (AvgIpc) is 1.62. The number of ether oxygens (including phenoxy) is 12. The molecule has 32 heteroatoms. The molecule has 512 valence electrons. The van der Waals surface area contributed by atoms with Gasteiger partial charge in [0.2, 0.25) is 6.29 Å². The van der Waals surface area contributed by atoms with Gasteiger partial charge >= 0.3 is 5.97 Å². The van der Waals surface area contributed by atoms with Crippen LogP contribution in [0.3, 0.4) is 0 Å². The predicted molar refractivity (Wildman–Crippen MR) is 287 cm³/mol. The van der Waals surface area contributed by atoms with Gasteiger partial charge in [0, 0.05) is 5.92 Å². The molecule has 10 fully saturated rings. The van der Waals surface area contributed by atoms with Crippen molar-refractivity contribution in [2.45, 2.75) is 262 Å². The van der Waals surface area contributed by atoms with Gasteiger partial charge in [-0.2, -0.15) is 0 Å². The van der Waals surface area contributed by atoms with E-state index in [2.05, 4.69) is 13.5 Å². The Bertz CT molecular complexity index is 2390. The third-order valence-corrected chi connectivity index (χ3v) is 21.7. The van der Waals surface area contributed by atoms with Gasteiger partial charge in [-0.3, -0.25) is 4.79 Å². The summed E-state index contributed by atoms with van der Waals surface area (Å²) in [6.45, 7) is 4.93. The molecule has 0 aromatic carbocycles. The van der Waals surface area contributed by atoms with E-state index >= 15 is 4.79 Å². The van der Waals surface area contributed by atoms with Gasteiger partial charge < -0.3 is 154 Å². The fourth-order valence-corrected chi connectivity index (χ4v) is 16.6. The van der Waals surface area contributed by atoms with Crippen molar-refractivity contribution in [3.05, 3.63) is 12.2 Å². The Hall–Kier alpha value is -1.99. The number of carbonyl (C=O) groups excluding carboxylic acids is 1. The van der Waals surface area contributed by atoms with Gasteiger partial charge in [0.15, 0.2) is 37.6 Å². The van der Waals surface area contributed by atoms with Crippen LogP contribution in [0.15, 0.2) is 12.2 Å². The smallest absolute Gasteiger partial charge is 0.314 e. The third kappa shape index (κ3) is 12.3. The highest BCUT2D eigenvalue weighted by molar-refractivity contribution is 5.77. The van der Waals surface area contributed by atoms with E-state index in [1.165, 1.54) is 6.92 Å². The standard InChI is InChI=1S/C57H92O32/c1-20-12-56-10-6-28-54(3,8-5-9-55(28,4)53(77)88-51-45(86-47-39(73)30(64)21(2)22(13-58)78-47)43(34(68)26(17-62)82-51)84-48-40(74)36(70)31(65)23(14-59)79-48)29(56)7-11-57(20,19-56)89-52-46(87-50-42(76)38(72)33(67)25(16-61)81-50)44(35(69)27(18-63)83-52)85-49-41(75)37(71)32(66)24(15-60)80-49/h21-52,58-76H,1,5-19H2,2-4H3/t21-,22+,23-,24-,25-,26-,27-,28?,29?,30-,31+,32-,33-,34-,35+,36+,37+,38+,39-,40-,41-,42-,43+,44+,45-,46-,47+,48+,49+,50+,51+,52+,54?,55?,56?,57?/m1/s1. The van der Waals surface area contributed by atoms with Crippen LogP contribution in [-0.4, -0.2) is 326 Å². The number of carbonyl (C=O) groups is 1. The fourth-order valence-electron chi connectivity index (χ4n) is 16.6. The van der Waals surface area contributed by atoms with Gasteiger partial charge in [-0.15, -0.1) is 0 Å². The molecule has 19 N–H and O–H groups in total. The summed E-state index contributed by atoms with van der Waals surface area (Å²) < 4.78 is 73.5. The van der Waals surface area contributed by atoms with E-state index in [-0.39, 0.29) is 12.3 Å². The first-order chi connectivity index (χ1) is 42.1. The Balaban J connectivity index is 0.921. The quantitative estimate of drug-likeness (QED) is 0.0344. The van der Waals surface area contributed by atoms with E-state index in [1.54, 1.807) is 6.92 Å². The van der Waals surface area contributed by atoms with Crippen LogP contribution >= 0.6 is 0 Å². The molecule has 0 aromatic rings. The molecular weight excluding hydrogens is 1200 g/mol. The summed E-state index contributed by atoms with van der Waals surface area (Å²) in [5.41, 5.74) is -3.13. The summed E-state index contributed by atoms with van der Waals surface area (Å²) in [5.74, 6) is -2.18. The molecular formula is C57H92O32. The molecule has 32 nitrogen and oxygen atoms in total. The van der Waals surface area contributed by atoms with Gasteiger partial charge in [-0.25, -0.2) is 0 Å². The zero-order chi connectivity index (χ0) is 64.7. The molecule has 4 aliphatic carbocycles. The number of aliphatic hydroxyl groups is 19. The van der Waals surface area contributed by atoms with Crippen LogP contribution in [0.25, 0.3) is 0 Å². The monoisotopic (exact) mass is 1290 g/mol. The van der Waals surface area contributed by atoms with Crippen molar-refractivity contribution in [2.75, 3.05) is 39.6 Å². The number of aliphatic hydroxyl groups excluding tert-OH is 19. The average molecular weight is 1290 g/mol. The van der Waals surface area contributed by atoms with Crippen LogP contribution in [0.5, 0.6) is 0 Å². The molecule has 10 aliphatic rings. The van der Waals surface area contributed by atoms with Crippen molar-refractivity contribution in [1.29, 1.82) is 0 Å². The summed E-state index contributed by atoms with van der Waals surface area (Å²) in [5, 5.41) is 205. The summed E-state index contributed by atoms with van der Waals surface area (Å²) in [6.07, 6.45) is -48.0. The van der Waals surface area contributed by atoms with Gasteiger partial charge in [-0.05, 0) is 86.5 Å². The minimum Gasteiger partial charge on any atom is -0.432 e. The Morgan fingerprint density at radius 3 is 1.29 bits per heavy atom. The highest BCUT2D eigenvalue weighted by atomic mass is 16.8. The summed E-state index contributed by atoms with van der Waals surface area (Å²) in [7, 11) is 0. The maximum atomic E-state index is 15.4. The topological polar surface area (TPSA) is 512 Å². The Morgan fingerprint density at radius 2 is 0.831 bits per heavy atom. The third-order valence-electron chi connectivity index (χ3n) is 21.7. The fraction of sp³-hybridized carbons (Fsp3) is 0.947. The first kappa shape index (κ1) is 69.8. The molecule has 36 atom stereocenters. The maximum absolute atomic E-state index is 15.4. The molecule has 6 aliphatic heterocycles. The van der Waals surface area contributed by atoms with Crippen molar-refractivity contribution in [3.63, 3.8) is 0 Å². The van der Waals surface area contributed by atoms with E-state index in [0.717, 1.165) is 0 Å². The molecule has 0 amide bonds. The summed E-state index contributed by atoms with van der Waals surface area (Å²) >= 11 is 0. The van der Waals surface area contributed by atoms with Gasteiger partial charge in [-0.1, -0.05) is 26.8 Å². The van der Waals surface area contributed by atoms with Gasteiger partial charge in [0.25, 0.3) is 0 Å². The maximum Gasteiger partial charge on any atom is 0.314 e. The summed E-state index contributed by atoms with van der Waals surface area (Å²) in [4.78, 5) is 15.4. The second-order valence-corrected chi connectivity index (χ2v) is 26.8. The highest BCUT2D eigenvalue weighted by Crippen LogP contribution is 2.74. The molecule has 0 aromatic heterocycles. The molecule has 6 unspecified atom stereocenters. The lowest BCUT2D eigenvalue weighted by Gasteiger charge is -2.64. The molecule has 6 heterocycles. The zero-order valence-electron chi connectivity index (χ0n) is 49.6. The normalized spacial score (nSPS) is 54.5. The lowest BCUT2D eigenvalue weighted by molar-refractivity contribution is -0.400. The largest absolute Gasteiger partial charge is 0.432 e. The number of rotatable bonds is 18. The zero-order valence-corrected chi connectivity index (χ0v) is 49.6. The van der Waals surface area contributed by atoms with E-state index in [1.807, 2.05) is 0 Å². The number of hydrogen-bond donors (Lipinski definition) is 19. The molecule has 2 bridgehead atoms. The van der Waals surface area contributed by atoms with Crippen LogP contribution in [0.2, 0.25) is 0 Å². The second kappa shape index (κ2) is 27.3. The predicted octanol–water partition coefficient (Wildman–Crippen LogP) is -8.19. The van der Waals surface area contributed by atoms with Crippen molar-refractivity contribution in [3.8, 4) is 0 Å². The van der Waals surface area contributed by atoms with Crippen LogP contribution in [0.1, 0.15) is 78.6 Å². The molecule has 0 radical (unpaired) electrons. The first-order valence-electron chi connectivity index (χ1n) is 30.7. The Labute approximate surface area is 511 Å². The number of fused-ring (bicyclic) bond motifs is 3. The van der Waals surface area contributed by atoms with Crippen molar-refractivity contribution in [1.82, 2.24) is 0 Å². The van der Waals surface area contributed by atoms with Crippen molar-refractivity contribution in [2.24, 2.45) is 34.0 Å². The Morgan fingerprint density at radius 1 is 0.449 bits per heavy atom. The molecule has 4 saturated carbocycles. The molecule has 6 saturated heterocycles. The van der Waals surface area contributed by atoms with Crippen LogP contribution in [-0.2, 0) is 61.6 Å². The van der Waals surface area contributed by atoms with E-state index in [0.29, 0.717) is 56.9 Å². The van der Waals surface area contributed by atoms with Crippen LogP contribution in [0.4, 0.5) is 0 Å². The highest BCUT2D eigenvalue weighted by Gasteiger charge is 2.70. The van der Waals surface area contributed by atoms with Crippen molar-refractivity contribution < 1.29 is 159 Å². The van der Waals surface area contributed by atoms with Crippen LogP contribution in [0, 0.1) is 34.0 Å². The van der Waals surface area contributed by atoms with Gasteiger partial charge in [0.05, 0.1) is 62.9 Å². The molecule has 89 heavy (non-hydrogen) atoms. The van der Waals surface area contributed by atoms with E-state index < -0.39 is 257 Å². The van der Waals surface area contributed by atoms with E-state index in [4.69, 9.17) is 56.8 Å². The number of esters is 1. The van der Waals surface area contributed by atoms with Gasteiger partial charge in [0.1, 0.15) is 122 Å². The van der Waals surface area contributed by atoms with Crippen molar-refractivity contribution >= 4 is 5.97 Å². The minimum atomic E-state index is -2.03. The Kier molecular flexibility index (Phi) is 21.4. The lowest BCUT2D eigenvalue weighted by atomic mass is 9.41. The molecule has 10 rings (SSSR count). The SMILES string of the molecule is C=C1CC23CCC4C(C)(C(=O)O[C@@H]5O[C@H](CO)[C@@H](O)[C@H](O[C@@H]6O[C@H](CO)[C@H](O)[C@H](O)[C@H]6O)[C@H]5O[C@@H]5O[C@@H](CO)[C@@H](C)[C@@H](O)[C@H]5O)CCCC4(C)C2CCC1(O[C@@H]1O[C@H](CO)[C@H](O)[C@H](O[C@@H]2O[C@H](CO)[C@@H](O)[C@H](O)[C@H]2O)[C@H]1O[C@@H]1O[C@H](CO)[C@@H](O)[C@H](O)[C@H]1O)C3. The van der Waals surface area contributed by atoms with E-state index in [9.17, 15) is 97.0 Å². The second-order valence-electron chi connectivity index (χ2n) is 26.8. The van der Waals surface area contributed by atoms with Crippen LogP contribution < -0.4 is 0 Å². The first-order valence-corrected chi connectivity index (χ1v) is 30.7. The summed E-state index contributed by atoms with van der Waals surface area (Å²) in [6, 6.07) is 0. The number of hydrogen-bond acceptors (Lipinski definition) is 32. The molecule has 1 spiro atoms. The minimum absolute atomic E-state index is 0.134. The lowest BCUT2D eigenvalue weighted by Crippen LogP contribution is -2.68.